The van der Waals surface area contributed by atoms with E-state index in [-0.39, 0.29) is 6.42 Å². The number of unbranched alkanes of at least 4 members (excludes halogenated alkanes) is 1. The highest BCUT2D eigenvalue weighted by atomic mass is 19.1. The number of aromatic amines is 1. The summed E-state index contributed by atoms with van der Waals surface area (Å²) < 4.78 is 18.4. The maximum Gasteiger partial charge on any atom is 0.331 e. The Bertz CT molecular complexity index is 506. The fourth-order valence-electron chi connectivity index (χ4n) is 1.11. The Hall–Kier alpha value is -1.92. The van der Waals surface area contributed by atoms with Crippen molar-refractivity contribution in [3.8, 4) is 0 Å². The second kappa shape index (κ2) is 5.97. The van der Waals surface area contributed by atoms with Crippen LogP contribution in [0, 0.1) is 5.82 Å². The smallest absolute Gasteiger partial charge is 0.331 e. The third kappa shape index (κ3) is 3.86. The van der Waals surface area contributed by atoms with Crippen molar-refractivity contribution >= 4 is 5.97 Å². The number of H-pyrrole nitrogens is 1. The molecular formula is C10H13FN2O4. The third-order valence-electron chi connectivity index (χ3n) is 2.07. The molecule has 0 saturated carbocycles. The zero-order valence-corrected chi connectivity index (χ0v) is 9.36. The molecule has 1 heterocycles. The van der Waals surface area contributed by atoms with E-state index >= 15 is 0 Å². The lowest BCUT2D eigenvalue weighted by molar-refractivity contribution is -0.147. The van der Waals surface area contributed by atoms with E-state index in [0.717, 1.165) is 11.0 Å². The molecule has 0 aliphatic heterocycles. The Labute approximate surface area is 96.0 Å². The fraction of sp³-hybridized carbons (Fsp3) is 0.500. The van der Waals surface area contributed by atoms with Gasteiger partial charge in [0.25, 0.3) is 5.56 Å². The van der Waals surface area contributed by atoms with Crippen LogP contribution in [0.4, 0.5) is 4.39 Å². The van der Waals surface area contributed by atoms with Crippen LogP contribution in [0.1, 0.15) is 26.2 Å². The summed E-state index contributed by atoms with van der Waals surface area (Å²) in [6, 6.07) is 0. The SMILES string of the molecule is CCCCC(=O)OCn1cc(F)c(=O)[nH]c1=O. The molecule has 0 amide bonds. The maximum absolute atomic E-state index is 12.8. The van der Waals surface area contributed by atoms with Crippen molar-refractivity contribution in [2.45, 2.75) is 32.9 Å². The first-order valence-corrected chi connectivity index (χ1v) is 5.19. The first kappa shape index (κ1) is 13.1. The van der Waals surface area contributed by atoms with E-state index < -0.39 is 29.8 Å². The highest BCUT2D eigenvalue weighted by molar-refractivity contribution is 5.69. The topological polar surface area (TPSA) is 81.2 Å². The van der Waals surface area contributed by atoms with E-state index in [1.807, 2.05) is 6.92 Å². The van der Waals surface area contributed by atoms with Gasteiger partial charge in [-0.1, -0.05) is 13.3 Å². The first-order valence-electron chi connectivity index (χ1n) is 5.19. The molecule has 1 aromatic heterocycles. The van der Waals surface area contributed by atoms with Gasteiger partial charge in [0.05, 0.1) is 6.20 Å². The second-order valence-electron chi connectivity index (χ2n) is 3.46. The molecule has 1 N–H and O–H groups in total. The van der Waals surface area contributed by atoms with Crippen LogP contribution in [-0.4, -0.2) is 15.5 Å². The highest BCUT2D eigenvalue weighted by Gasteiger charge is 2.06. The minimum atomic E-state index is -1.10. The van der Waals surface area contributed by atoms with Crippen molar-refractivity contribution in [3.63, 3.8) is 0 Å². The van der Waals surface area contributed by atoms with E-state index in [1.165, 1.54) is 0 Å². The number of carbonyl (C=O) groups excluding carboxylic acids is 1. The van der Waals surface area contributed by atoms with E-state index in [2.05, 4.69) is 0 Å². The molecule has 17 heavy (non-hydrogen) atoms. The van der Waals surface area contributed by atoms with Crippen LogP contribution in [0.5, 0.6) is 0 Å². The Morgan fingerprint density at radius 2 is 2.24 bits per heavy atom. The molecule has 0 saturated heterocycles. The van der Waals surface area contributed by atoms with Crippen LogP contribution < -0.4 is 11.2 Å². The molecule has 0 aromatic carbocycles. The van der Waals surface area contributed by atoms with Gasteiger partial charge in [-0.25, -0.2) is 4.79 Å². The maximum atomic E-state index is 12.8. The minimum Gasteiger partial charge on any atom is -0.444 e. The number of nitrogens with zero attached hydrogens (tertiary/aromatic N) is 1. The number of hydrogen-bond acceptors (Lipinski definition) is 4. The number of ether oxygens (including phenoxy) is 1. The molecule has 0 atom stereocenters. The number of aromatic nitrogens is 2. The predicted octanol–water partition coefficient (Wildman–Crippen LogP) is 0.367. The monoisotopic (exact) mass is 244 g/mol. The van der Waals surface area contributed by atoms with Crippen molar-refractivity contribution in [2.24, 2.45) is 0 Å². The summed E-state index contributed by atoms with van der Waals surface area (Å²) in [5.74, 6) is -1.57. The summed E-state index contributed by atoms with van der Waals surface area (Å²) in [6.07, 6.45) is 2.49. The van der Waals surface area contributed by atoms with Crippen molar-refractivity contribution in [3.05, 3.63) is 32.9 Å². The summed E-state index contributed by atoms with van der Waals surface area (Å²) in [6.45, 7) is 1.52. The van der Waals surface area contributed by atoms with E-state index in [9.17, 15) is 18.8 Å². The molecular weight excluding hydrogens is 231 g/mol. The molecule has 0 aliphatic rings. The highest BCUT2D eigenvalue weighted by Crippen LogP contribution is 1.97. The van der Waals surface area contributed by atoms with E-state index in [0.29, 0.717) is 12.6 Å². The first-order chi connectivity index (χ1) is 8.04. The normalized spacial score (nSPS) is 10.2. The molecule has 0 aliphatic carbocycles. The lowest BCUT2D eigenvalue weighted by Crippen LogP contribution is -2.32. The molecule has 0 spiro atoms. The van der Waals surface area contributed by atoms with E-state index in [1.54, 1.807) is 4.98 Å². The molecule has 1 rings (SSSR count). The van der Waals surface area contributed by atoms with Crippen molar-refractivity contribution in [1.29, 1.82) is 0 Å². The van der Waals surface area contributed by atoms with Crippen LogP contribution in [0.15, 0.2) is 15.8 Å². The van der Waals surface area contributed by atoms with Gasteiger partial charge in [-0.3, -0.25) is 19.1 Å². The molecule has 0 fully saturated rings. The number of nitrogens with one attached hydrogen (secondary N) is 1. The van der Waals surface area contributed by atoms with Gasteiger partial charge >= 0.3 is 11.7 Å². The largest absolute Gasteiger partial charge is 0.444 e. The van der Waals surface area contributed by atoms with Crippen molar-refractivity contribution in [2.75, 3.05) is 0 Å². The number of carbonyl (C=O) groups is 1. The van der Waals surface area contributed by atoms with Gasteiger partial charge in [-0.05, 0) is 6.42 Å². The average Bonchev–Trinajstić information content (AvgIpc) is 2.29. The summed E-state index contributed by atoms with van der Waals surface area (Å²) in [5.41, 5.74) is -1.91. The summed E-state index contributed by atoms with van der Waals surface area (Å²) in [4.78, 5) is 34.8. The zero-order chi connectivity index (χ0) is 12.8. The van der Waals surface area contributed by atoms with Crippen LogP contribution in [0.2, 0.25) is 0 Å². The Kier molecular flexibility index (Phi) is 4.62. The molecule has 0 unspecified atom stereocenters. The van der Waals surface area contributed by atoms with Gasteiger partial charge in [-0.15, -0.1) is 0 Å². The van der Waals surface area contributed by atoms with Gasteiger partial charge in [0.15, 0.2) is 6.73 Å². The van der Waals surface area contributed by atoms with E-state index in [4.69, 9.17) is 4.74 Å². The quantitative estimate of drug-likeness (QED) is 0.758. The number of esters is 1. The number of halogens is 1. The number of rotatable bonds is 5. The van der Waals surface area contributed by atoms with Crippen molar-refractivity contribution < 1.29 is 13.9 Å². The lowest BCUT2D eigenvalue weighted by Gasteiger charge is -2.06. The van der Waals surface area contributed by atoms with Gasteiger partial charge in [0.1, 0.15) is 0 Å². The lowest BCUT2D eigenvalue weighted by atomic mass is 10.3. The Balaban J connectivity index is 2.64. The molecule has 0 radical (unpaired) electrons. The van der Waals surface area contributed by atoms with Gasteiger partial charge in [-0.2, -0.15) is 4.39 Å². The zero-order valence-electron chi connectivity index (χ0n) is 9.36. The van der Waals surface area contributed by atoms with Crippen molar-refractivity contribution in [1.82, 2.24) is 9.55 Å². The molecule has 6 nitrogen and oxygen atoms in total. The summed E-state index contributed by atoms with van der Waals surface area (Å²) >= 11 is 0. The number of hydrogen-bond donors (Lipinski definition) is 1. The van der Waals surface area contributed by atoms with Gasteiger partial charge < -0.3 is 4.74 Å². The second-order valence-corrected chi connectivity index (χ2v) is 3.46. The molecule has 1 aromatic rings. The minimum absolute atomic E-state index is 0.247. The van der Waals surface area contributed by atoms with Gasteiger partial charge in [0, 0.05) is 6.42 Å². The summed E-state index contributed by atoms with van der Waals surface area (Å²) in [7, 11) is 0. The molecule has 0 bridgehead atoms. The van der Waals surface area contributed by atoms with Crippen LogP contribution in [0.3, 0.4) is 0 Å². The third-order valence-corrected chi connectivity index (χ3v) is 2.07. The molecule has 7 heteroatoms. The van der Waals surface area contributed by atoms with Crippen LogP contribution in [0.25, 0.3) is 0 Å². The predicted molar refractivity (Wildman–Crippen MR) is 56.9 cm³/mol. The van der Waals surface area contributed by atoms with Crippen LogP contribution in [-0.2, 0) is 16.3 Å². The van der Waals surface area contributed by atoms with Crippen LogP contribution >= 0.6 is 0 Å². The summed E-state index contributed by atoms with van der Waals surface area (Å²) in [5, 5.41) is 0. The standard InChI is InChI=1S/C10H13FN2O4/c1-2-3-4-8(14)17-6-13-5-7(11)9(15)12-10(13)16/h5H,2-4,6H2,1H3,(H,12,15,16). The fourth-order valence-corrected chi connectivity index (χ4v) is 1.11. The van der Waals surface area contributed by atoms with Gasteiger partial charge in [0.2, 0.25) is 5.82 Å². The Morgan fingerprint density at radius 1 is 1.53 bits per heavy atom. The average molecular weight is 244 g/mol. The molecule has 94 valence electrons. The Morgan fingerprint density at radius 3 is 2.88 bits per heavy atom.